The second kappa shape index (κ2) is 11.0. The number of hydrogen-bond acceptors (Lipinski definition) is 6. The van der Waals surface area contributed by atoms with Crippen LogP contribution in [0.15, 0.2) is 18.2 Å². The number of rotatable bonds is 10. The molecule has 11 heteroatoms. The number of hydrogen-bond donors (Lipinski definition) is 1. The number of fused-ring (bicyclic) bond motifs is 4. The van der Waals surface area contributed by atoms with Crippen molar-refractivity contribution in [3.63, 3.8) is 0 Å². The molecule has 0 aromatic heterocycles. The maximum absolute atomic E-state index is 13.4. The molecule has 198 valence electrons. The molecule has 3 atom stereocenters. The quantitative estimate of drug-likeness (QED) is 0.466. The molecule has 1 aromatic rings. The van der Waals surface area contributed by atoms with Crippen LogP contribution in [0.1, 0.15) is 56.7 Å². The smallest absolute Gasteiger partial charge is 0.279 e. The van der Waals surface area contributed by atoms with Crippen LogP contribution in [0, 0.1) is 5.92 Å². The molecular weight excluding hydrogens is 488 g/mol. The fraction of sp³-hybridized carbons (Fsp3) is 0.750. The summed E-state index contributed by atoms with van der Waals surface area (Å²) in [5.74, 6) is 1.17. The Morgan fingerprint density at radius 1 is 1.14 bits per heavy atom. The lowest BCUT2D eigenvalue weighted by Gasteiger charge is -2.51. The molecule has 2 saturated heterocycles. The van der Waals surface area contributed by atoms with Gasteiger partial charge in [-0.1, -0.05) is 19.9 Å². The maximum atomic E-state index is 13.4. The Morgan fingerprint density at radius 2 is 1.91 bits per heavy atom. The molecule has 1 N–H and O–H groups in total. The first-order valence-corrected chi connectivity index (χ1v) is 15.9. The highest BCUT2D eigenvalue weighted by atomic mass is 32.2. The van der Waals surface area contributed by atoms with Gasteiger partial charge in [0.1, 0.15) is 5.75 Å². The van der Waals surface area contributed by atoms with E-state index in [1.54, 1.807) is 25.3 Å². The summed E-state index contributed by atoms with van der Waals surface area (Å²) in [7, 11) is -5.37. The van der Waals surface area contributed by atoms with Crippen LogP contribution in [-0.2, 0) is 26.7 Å². The average molecular weight is 529 g/mol. The van der Waals surface area contributed by atoms with Gasteiger partial charge in [-0.05, 0) is 61.3 Å². The van der Waals surface area contributed by atoms with E-state index in [0.29, 0.717) is 25.6 Å². The number of nitrogens with zero attached hydrogens (tertiary/aromatic N) is 3. The van der Waals surface area contributed by atoms with Crippen molar-refractivity contribution >= 4 is 20.2 Å². The highest BCUT2D eigenvalue weighted by Gasteiger charge is 2.45. The molecule has 3 aliphatic heterocycles. The molecule has 0 saturated carbocycles. The van der Waals surface area contributed by atoms with Crippen molar-refractivity contribution in [2.24, 2.45) is 5.92 Å². The Balaban J connectivity index is 1.43. The predicted octanol–water partition coefficient (Wildman–Crippen LogP) is 1.97. The minimum Gasteiger partial charge on any atom is -0.497 e. The molecule has 0 spiro atoms. The highest BCUT2D eigenvalue weighted by Crippen LogP contribution is 2.44. The summed E-state index contributed by atoms with van der Waals surface area (Å²) in [4.78, 5) is 2.54. The Morgan fingerprint density at radius 3 is 2.63 bits per heavy atom. The Kier molecular flexibility index (Phi) is 8.44. The molecule has 0 bridgehead atoms. The van der Waals surface area contributed by atoms with Crippen molar-refractivity contribution in [1.82, 2.24) is 18.2 Å². The second-order valence-electron chi connectivity index (χ2n) is 9.79. The molecular formula is C24H40N4O5S2. The van der Waals surface area contributed by atoms with E-state index in [9.17, 15) is 16.8 Å². The second-order valence-corrected chi connectivity index (χ2v) is 13.6. The SMILES string of the molecule is CCN(CC)S(=O)(=O)NCCCS(=O)(=O)N1CCC[C@@H]2CN3CCc4cc(OC)ccc4[C@@H]3C[C@@H]21. The van der Waals surface area contributed by atoms with Gasteiger partial charge in [0, 0.05) is 51.4 Å². The molecule has 3 aliphatic rings. The zero-order valence-corrected chi connectivity index (χ0v) is 22.8. The average Bonchev–Trinajstić information content (AvgIpc) is 2.85. The van der Waals surface area contributed by atoms with Gasteiger partial charge in [-0.15, -0.1) is 0 Å². The molecule has 9 nitrogen and oxygen atoms in total. The number of benzene rings is 1. The van der Waals surface area contributed by atoms with E-state index in [1.165, 1.54) is 15.4 Å². The first-order chi connectivity index (χ1) is 16.7. The number of sulfonamides is 1. The van der Waals surface area contributed by atoms with Crippen LogP contribution >= 0.6 is 0 Å². The molecule has 3 heterocycles. The third kappa shape index (κ3) is 5.70. The van der Waals surface area contributed by atoms with E-state index in [4.69, 9.17) is 4.74 Å². The van der Waals surface area contributed by atoms with Crippen LogP contribution in [-0.4, -0.2) is 88.5 Å². The Hall–Kier alpha value is -1.24. The van der Waals surface area contributed by atoms with Crippen molar-refractivity contribution in [3.8, 4) is 5.75 Å². The van der Waals surface area contributed by atoms with Crippen LogP contribution in [0.3, 0.4) is 0 Å². The first-order valence-electron chi connectivity index (χ1n) is 12.8. The summed E-state index contributed by atoms with van der Waals surface area (Å²) in [5, 5.41) is 0. The van der Waals surface area contributed by atoms with Crippen molar-refractivity contribution in [2.75, 3.05) is 52.1 Å². The van der Waals surface area contributed by atoms with Gasteiger partial charge in [-0.25, -0.2) is 13.1 Å². The number of nitrogens with one attached hydrogen (secondary N) is 1. The number of piperidine rings is 2. The molecule has 35 heavy (non-hydrogen) atoms. The molecule has 2 fully saturated rings. The van der Waals surface area contributed by atoms with Gasteiger partial charge in [0.25, 0.3) is 10.2 Å². The third-order valence-corrected chi connectivity index (χ3v) is 11.6. The number of ether oxygens (including phenoxy) is 1. The lowest BCUT2D eigenvalue weighted by atomic mass is 9.77. The summed E-state index contributed by atoms with van der Waals surface area (Å²) in [6.07, 6.45) is 3.98. The van der Waals surface area contributed by atoms with Crippen molar-refractivity contribution < 1.29 is 21.6 Å². The van der Waals surface area contributed by atoms with Gasteiger partial charge >= 0.3 is 0 Å². The summed E-state index contributed by atoms with van der Waals surface area (Å²) >= 11 is 0. The normalized spacial score (nSPS) is 25.7. The van der Waals surface area contributed by atoms with Gasteiger partial charge < -0.3 is 4.74 Å². The van der Waals surface area contributed by atoms with Crippen molar-refractivity contribution in [3.05, 3.63) is 29.3 Å². The lowest BCUT2D eigenvalue weighted by molar-refractivity contribution is 0.0219. The minimum atomic E-state index is -3.57. The first kappa shape index (κ1) is 26.8. The minimum absolute atomic E-state index is 0.00424. The summed E-state index contributed by atoms with van der Waals surface area (Å²) in [6, 6.07) is 6.49. The molecule has 4 rings (SSSR count). The standard InChI is InChI=1S/C24H40N4O5S2/c1-4-27(5-2)35(31,32)25-12-7-15-34(29,30)28-13-6-8-20-18-26-14-11-19-16-21(33-3)9-10-22(19)24(26)17-23(20)28/h9-10,16,20,23-25H,4-8,11-15,17-18H2,1-3H3/t20-,23+,24+/m1/s1. The summed E-state index contributed by atoms with van der Waals surface area (Å²) < 4.78 is 62.5. The zero-order chi connectivity index (χ0) is 25.2. The van der Waals surface area contributed by atoms with Crippen LogP contribution in [0.25, 0.3) is 0 Å². The van der Waals surface area contributed by atoms with Gasteiger partial charge in [-0.3, -0.25) is 4.90 Å². The largest absolute Gasteiger partial charge is 0.497 e. The topological polar surface area (TPSA) is 99.3 Å². The van der Waals surface area contributed by atoms with E-state index in [1.807, 2.05) is 6.07 Å². The van der Waals surface area contributed by atoms with Crippen LogP contribution in [0.5, 0.6) is 5.75 Å². The van der Waals surface area contributed by atoms with Gasteiger partial charge in [0.05, 0.1) is 12.9 Å². The molecule has 0 aliphatic carbocycles. The lowest BCUT2D eigenvalue weighted by Crippen LogP contribution is -2.57. The van der Waals surface area contributed by atoms with Crippen molar-refractivity contribution in [1.29, 1.82) is 0 Å². The predicted molar refractivity (Wildman–Crippen MR) is 137 cm³/mol. The van der Waals surface area contributed by atoms with E-state index < -0.39 is 20.2 Å². The summed E-state index contributed by atoms with van der Waals surface area (Å²) in [5.41, 5.74) is 2.60. The Bertz CT molecular complexity index is 1090. The molecule has 0 radical (unpaired) electrons. The van der Waals surface area contributed by atoms with E-state index in [2.05, 4.69) is 21.8 Å². The highest BCUT2D eigenvalue weighted by molar-refractivity contribution is 7.89. The fourth-order valence-corrected chi connectivity index (χ4v) is 9.18. The van der Waals surface area contributed by atoms with E-state index >= 15 is 0 Å². The third-order valence-electron chi connectivity index (χ3n) is 7.89. The molecule has 1 aromatic carbocycles. The van der Waals surface area contributed by atoms with E-state index in [0.717, 1.165) is 44.5 Å². The molecule has 0 amide bonds. The summed E-state index contributed by atoms with van der Waals surface area (Å²) in [6.45, 7) is 6.93. The number of methoxy groups -OCH3 is 1. The van der Waals surface area contributed by atoms with Gasteiger partial charge in [-0.2, -0.15) is 17.0 Å². The molecule has 0 unspecified atom stereocenters. The van der Waals surface area contributed by atoms with Crippen molar-refractivity contribution in [2.45, 2.75) is 58.0 Å². The van der Waals surface area contributed by atoms with Crippen LogP contribution in [0.4, 0.5) is 0 Å². The monoisotopic (exact) mass is 528 g/mol. The fourth-order valence-electron chi connectivity index (χ4n) is 6.09. The van der Waals surface area contributed by atoms with Gasteiger partial charge in [0.2, 0.25) is 10.0 Å². The van der Waals surface area contributed by atoms with Crippen LogP contribution < -0.4 is 9.46 Å². The van der Waals surface area contributed by atoms with Gasteiger partial charge in [0.15, 0.2) is 0 Å². The Labute approximate surface area is 211 Å². The van der Waals surface area contributed by atoms with E-state index in [-0.39, 0.29) is 30.8 Å². The zero-order valence-electron chi connectivity index (χ0n) is 21.1. The van der Waals surface area contributed by atoms with Crippen LogP contribution in [0.2, 0.25) is 0 Å². The maximum Gasteiger partial charge on any atom is 0.279 e.